The Morgan fingerprint density at radius 1 is 1.44 bits per heavy atom. The quantitative estimate of drug-likeness (QED) is 0.536. The molecule has 1 heterocycles. The first kappa shape index (κ1) is 11.2. The zero-order valence-corrected chi connectivity index (χ0v) is 9.57. The maximum absolute atomic E-state index is 11.9. The van der Waals surface area contributed by atoms with Gasteiger partial charge in [0.2, 0.25) is 0 Å². The van der Waals surface area contributed by atoms with Crippen molar-refractivity contribution in [3.05, 3.63) is 23.4 Å². The topological polar surface area (TPSA) is 54.1 Å². The maximum Gasteiger partial charge on any atom is 0.165 e. The monoisotopic (exact) mass is 237 g/mol. The van der Waals surface area contributed by atoms with E-state index in [1.165, 1.54) is 0 Å². The van der Waals surface area contributed by atoms with Gasteiger partial charge in [0.05, 0.1) is 5.71 Å². The van der Waals surface area contributed by atoms with Crippen LogP contribution in [0.3, 0.4) is 0 Å². The molecule has 0 aromatic heterocycles. The smallest absolute Gasteiger partial charge is 0.165 e. The number of hydrogen-bond acceptors (Lipinski definition) is 4. The molecule has 0 saturated heterocycles. The molecule has 0 atom stereocenters. The summed E-state index contributed by atoms with van der Waals surface area (Å²) in [6.07, 6.45) is 6.65. The highest BCUT2D eigenvalue weighted by Crippen LogP contribution is 2.24. The van der Waals surface area contributed by atoms with Gasteiger partial charge in [-0.05, 0) is 18.1 Å². The summed E-state index contributed by atoms with van der Waals surface area (Å²) in [5.41, 5.74) is 2.09. The molecule has 1 aliphatic carbocycles. The number of carbonyl (C=O) groups is 1. The molecule has 0 bridgehead atoms. The zero-order valence-electron chi connectivity index (χ0n) is 8.82. The van der Waals surface area contributed by atoms with Crippen LogP contribution in [0.2, 0.25) is 0 Å². The summed E-state index contributed by atoms with van der Waals surface area (Å²) in [5.74, 6) is 0.700. The molecule has 0 N–H and O–H groups in total. The third kappa shape index (κ3) is 2.27. The Balaban J connectivity index is 2.08. The molecule has 0 amide bonds. The van der Waals surface area contributed by atoms with E-state index in [9.17, 15) is 4.79 Å². The van der Waals surface area contributed by atoms with Gasteiger partial charge < -0.3 is 0 Å². The highest BCUT2D eigenvalue weighted by Gasteiger charge is 2.22. The van der Waals surface area contributed by atoms with Crippen molar-refractivity contribution < 1.29 is 4.79 Å². The first-order valence-electron chi connectivity index (χ1n) is 5.31. The predicted octanol–water partition coefficient (Wildman–Crippen LogP) is 3.00. The van der Waals surface area contributed by atoms with E-state index in [0.29, 0.717) is 30.0 Å². The van der Waals surface area contributed by atoms with Gasteiger partial charge in [0.15, 0.2) is 5.78 Å². The Hall–Kier alpha value is -1.29. The van der Waals surface area contributed by atoms with Crippen LogP contribution in [0.25, 0.3) is 0 Å². The van der Waals surface area contributed by atoms with Gasteiger partial charge in [0.1, 0.15) is 5.70 Å². The molecule has 1 aliphatic heterocycles. The molecule has 0 saturated carbocycles. The van der Waals surface area contributed by atoms with Crippen molar-refractivity contribution in [1.82, 2.24) is 0 Å². The lowest BCUT2D eigenvalue weighted by Crippen LogP contribution is -2.11. The number of carbonyl (C=O) groups excluding carboxylic acids is 1. The number of Topliss-reactive ketones (excluding diaryl/α,β-unsaturated/α-hetero) is 1. The van der Waals surface area contributed by atoms with Gasteiger partial charge in [0, 0.05) is 24.3 Å². The van der Waals surface area contributed by atoms with E-state index < -0.39 is 0 Å². The standard InChI is InChI=1S/C11H12ClN3O/c12-7-2-1-6-10(16)8-4-3-5-9-11(8)14-15-13-9/h3-4H,1-2,5-7H2. The second kappa shape index (κ2) is 5.16. The summed E-state index contributed by atoms with van der Waals surface area (Å²) in [4.78, 5) is 11.9. The molecule has 0 radical (unpaired) electrons. The number of halogens is 1. The molecule has 5 heteroatoms. The molecule has 0 fully saturated rings. The number of ketones is 1. The highest BCUT2D eigenvalue weighted by molar-refractivity contribution is 6.17. The van der Waals surface area contributed by atoms with Crippen LogP contribution >= 0.6 is 11.6 Å². The largest absolute Gasteiger partial charge is 0.294 e. The van der Waals surface area contributed by atoms with E-state index in [4.69, 9.17) is 11.6 Å². The summed E-state index contributed by atoms with van der Waals surface area (Å²) in [6.45, 7) is 0. The minimum Gasteiger partial charge on any atom is -0.294 e. The van der Waals surface area contributed by atoms with E-state index in [1.807, 2.05) is 12.2 Å². The summed E-state index contributed by atoms with van der Waals surface area (Å²) < 4.78 is 0. The molecule has 0 spiro atoms. The van der Waals surface area contributed by atoms with E-state index in [1.54, 1.807) is 0 Å². The average molecular weight is 238 g/mol. The van der Waals surface area contributed by atoms with Crippen LogP contribution in [0.4, 0.5) is 0 Å². The van der Waals surface area contributed by atoms with Gasteiger partial charge in [-0.25, -0.2) is 0 Å². The van der Waals surface area contributed by atoms with Crippen LogP contribution in [-0.2, 0) is 4.79 Å². The summed E-state index contributed by atoms with van der Waals surface area (Å²) in [7, 11) is 0. The van der Waals surface area contributed by atoms with Crippen molar-refractivity contribution in [2.45, 2.75) is 25.7 Å². The van der Waals surface area contributed by atoms with Crippen LogP contribution < -0.4 is 0 Å². The SMILES string of the molecule is O=C(CCCCCl)C1=C2N=NN=C2CC=C1. The van der Waals surface area contributed by atoms with Crippen molar-refractivity contribution in [3.63, 3.8) is 0 Å². The highest BCUT2D eigenvalue weighted by atomic mass is 35.5. The van der Waals surface area contributed by atoms with Crippen molar-refractivity contribution in [3.8, 4) is 0 Å². The van der Waals surface area contributed by atoms with E-state index in [2.05, 4.69) is 15.4 Å². The van der Waals surface area contributed by atoms with Crippen LogP contribution in [-0.4, -0.2) is 17.4 Å². The fraction of sp³-hybridized carbons (Fsp3) is 0.455. The normalized spacial score (nSPS) is 17.7. The Bertz CT molecular complexity index is 421. The number of fused-ring (bicyclic) bond motifs is 1. The number of hydrogen-bond donors (Lipinski definition) is 0. The molecule has 0 unspecified atom stereocenters. The molecule has 16 heavy (non-hydrogen) atoms. The van der Waals surface area contributed by atoms with Crippen molar-refractivity contribution in [1.29, 1.82) is 0 Å². The Morgan fingerprint density at radius 2 is 2.31 bits per heavy atom. The Labute approximate surface area is 98.8 Å². The summed E-state index contributed by atoms with van der Waals surface area (Å²) in [5, 5.41) is 11.4. The Kier molecular flexibility index (Phi) is 3.62. The lowest BCUT2D eigenvalue weighted by Gasteiger charge is -2.08. The van der Waals surface area contributed by atoms with Crippen molar-refractivity contribution in [2.75, 3.05) is 5.88 Å². The first-order chi connectivity index (χ1) is 7.83. The summed E-state index contributed by atoms with van der Waals surface area (Å²) >= 11 is 5.57. The molecule has 84 valence electrons. The van der Waals surface area contributed by atoms with Gasteiger partial charge in [-0.15, -0.1) is 21.8 Å². The van der Waals surface area contributed by atoms with Crippen LogP contribution in [0.15, 0.2) is 38.9 Å². The predicted molar refractivity (Wildman–Crippen MR) is 62.7 cm³/mol. The minimum atomic E-state index is 0.101. The van der Waals surface area contributed by atoms with Gasteiger partial charge in [-0.2, -0.15) is 0 Å². The molecule has 2 aliphatic rings. The third-order valence-corrected chi connectivity index (χ3v) is 2.79. The summed E-state index contributed by atoms with van der Waals surface area (Å²) in [6, 6.07) is 0. The third-order valence-electron chi connectivity index (χ3n) is 2.52. The number of unbranched alkanes of at least 4 members (excludes halogenated alkanes) is 1. The number of allylic oxidation sites excluding steroid dienone is 4. The number of nitrogens with zero attached hydrogens (tertiary/aromatic N) is 3. The van der Waals surface area contributed by atoms with Gasteiger partial charge in [0.25, 0.3) is 0 Å². The lowest BCUT2D eigenvalue weighted by atomic mass is 9.96. The minimum absolute atomic E-state index is 0.101. The van der Waals surface area contributed by atoms with Crippen LogP contribution in [0, 0.1) is 0 Å². The second-order valence-electron chi connectivity index (χ2n) is 3.67. The maximum atomic E-state index is 11.9. The molecular weight excluding hydrogens is 226 g/mol. The first-order valence-corrected chi connectivity index (χ1v) is 5.84. The number of alkyl halides is 1. The molecule has 0 aromatic rings. The van der Waals surface area contributed by atoms with Gasteiger partial charge >= 0.3 is 0 Å². The molecule has 0 aromatic carbocycles. The number of rotatable bonds is 5. The van der Waals surface area contributed by atoms with Crippen LogP contribution in [0.5, 0.6) is 0 Å². The van der Waals surface area contributed by atoms with Crippen molar-refractivity contribution >= 4 is 23.1 Å². The van der Waals surface area contributed by atoms with Gasteiger partial charge in [-0.3, -0.25) is 4.79 Å². The van der Waals surface area contributed by atoms with E-state index >= 15 is 0 Å². The fourth-order valence-corrected chi connectivity index (χ4v) is 1.87. The van der Waals surface area contributed by atoms with E-state index in [-0.39, 0.29) is 5.78 Å². The van der Waals surface area contributed by atoms with E-state index in [0.717, 1.165) is 18.6 Å². The average Bonchev–Trinajstić information content (AvgIpc) is 2.76. The molecular formula is C11H12ClN3O. The zero-order chi connectivity index (χ0) is 11.4. The van der Waals surface area contributed by atoms with Crippen molar-refractivity contribution in [2.24, 2.45) is 15.4 Å². The molecule has 4 nitrogen and oxygen atoms in total. The fourth-order valence-electron chi connectivity index (χ4n) is 1.68. The molecule has 2 rings (SSSR count). The second-order valence-corrected chi connectivity index (χ2v) is 4.05. The Morgan fingerprint density at radius 3 is 3.12 bits per heavy atom. The van der Waals surface area contributed by atoms with Gasteiger partial charge in [-0.1, -0.05) is 12.2 Å². The van der Waals surface area contributed by atoms with Crippen LogP contribution in [0.1, 0.15) is 25.7 Å². The lowest BCUT2D eigenvalue weighted by molar-refractivity contribution is -0.115.